The molecular formula is C20H24N2O4S. The van der Waals surface area contributed by atoms with Crippen molar-refractivity contribution in [3.63, 3.8) is 0 Å². The average molecular weight is 388 g/mol. The number of aryl methyl sites for hydroxylation is 1. The molecule has 1 saturated heterocycles. The summed E-state index contributed by atoms with van der Waals surface area (Å²) in [5.74, 6) is -0.234. The van der Waals surface area contributed by atoms with Crippen molar-refractivity contribution in [2.24, 2.45) is 0 Å². The summed E-state index contributed by atoms with van der Waals surface area (Å²) in [6, 6.07) is 13.9. The highest BCUT2D eigenvalue weighted by atomic mass is 32.2. The number of nitrogens with zero attached hydrogens (tertiary/aromatic N) is 1. The van der Waals surface area contributed by atoms with Gasteiger partial charge in [0.1, 0.15) is 0 Å². The zero-order valence-electron chi connectivity index (χ0n) is 15.5. The molecule has 144 valence electrons. The van der Waals surface area contributed by atoms with E-state index in [1.807, 2.05) is 38.1 Å². The van der Waals surface area contributed by atoms with Crippen LogP contribution in [0.4, 0.5) is 0 Å². The average Bonchev–Trinajstić information content (AvgIpc) is 2.67. The molecule has 1 N–H and O–H groups in total. The zero-order valence-corrected chi connectivity index (χ0v) is 16.3. The second-order valence-electron chi connectivity index (χ2n) is 6.68. The lowest BCUT2D eigenvalue weighted by molar-refractivity contribution is 0.0102. The number of benzene rings is 2. The van der Waals surface area contributed by atoms with E-state index in [1.54, 1.807) is 12.1 Å². The first-order chi connectivity index (χ1) is 12.9. The maximum Gasteiger partial charge on any atom is 0.251 e. The molecule has 1 aliphatic heterocycles. The van der Waals surface area contributed by atoms with Crippen molar-refractivity contribution in [1.82, 2.24) is 9.62 Å². The molecule has 0 saturated carbocycles. The number of carbonyl (C=O) groups excluding carboxylic acids is 1. The first-order valence-electron chi connectivity index (χ1n) is 8.92. The largest absolute Gasteiger partial charge is 0.376 e. The number of hydrogen-bond donors (Lipinski definition) is 1. The van der Waals surface area contributed by atoms with Gasteiger partial charge in [-0.3, -0.25) is 4.79 Å². The molecule has 0 aromatic heterocycles. The van der Waals surface area contributed by atoms with Crippen LogP contribution in [0.25, 0.3) is 0 Å². The van der Waals surface area contributed by atoms with Crippen LogP contribution in [0, 0.1) is 6.92 Å². The van der Waals surface area contributed by atoms with Crippen LogP contribution in [0.15, 0.2) is 53.4 Å². The first-order valence-corrected chi connectivity index (χ1v) is 10.4. The molecule has 6 nitrogen and oxygen atoms in total. The minimum atomic E-state index is -3.58. The van der Waals surface area contributed by atoms with Crippen LogP contribution in [0.1, 0.15) is 28.4 Å². The van der Waals surface area contributed by atoms with Crippen LogP contribution in [-0.2, 0) is 21.3 Å². The van der Waals surface area contributed by atoms with Crippen LogP contribution in [0.3, 0.4) is 0 Å². The van der Waals surface area contributed by atoms with Gasteiger partial charge in [-0.25, -0.2) is 8.42 Å². The summed E-state index contributed by atoms with van der Waals surface area (Å²) in [4.78, 5) is 12.5. The molecule has 2 aromatic carbocycles. The topological polar surface area (TPSA) is 75.7 Å². The Balaban J connectivity index is 1.67. The Labute approximate surface area is 160 Å². The van der Waals surface area contributed by atoms with Gasteiger partial charge in [0.2, 0.25) is 10.0 Å². The first kappa shape index (κ1) is 19.5. The number of sulfonamides is 1. The number of amides is 1. The van der Waals surface area contributed by atoms with E-state index in [4.69, 9.17) is 4.74 Å². The Morgan fingerprint density at radius 2 is 1.89 bits per heavy atom. The quantitative estimate of drug-likeness (QED) is 0.853. The lowest BCUT2D eigenvalue weighted by Crippen LogP contribution is -2.44. The standard InChI is InChI=1S/C20H24N2O4S/c1-15-5-3-4-6-18(15)13-21-20(23)17-7-9-19(10-8-17)27(24,25)22-11-12-26-16(2)14-22/h3-10,16H,11-14H2,1-2H3,(H,21,23). The van der Waals surface area contributed by atoms with E-state index < -0.39 is 10.0 Å². The van der Waals surface area contributed by atoms with Crippen molar-refractivity contribution in [2.45, 2.75) is 31.4 Å². The molecule has 1 aliphatic rings. The predicted octanol–water partition coefficient (Wildman–Crippen LogP) is 2.33. The lowest BCUT2D eigenvalue weighted by Gasteiger charge is -2.30. The molecule has 1 fully saturated rings. The van der Waals surface area contributed by atoms with Crippen LogP contribution < -0.4 is 5.32 Å². The van der Waals surface area contributed by atoms with Gasteiger partial charge in [0.15, 0.2) is 0 Å². The Kier molecular flexibility index (Phi) is 5.94. The number of nitrogens with one attached hydrogen (secondary N) is 1. The van der Waals surface area contributed by atoms with Gasteiger partial charge < -0.3 is 10.1 Å². The molecule has 1 heterocycles. The minimum Gasteiger partial charge on any atom is -0.376 e. The van der Waals surface area contributed by atoms with Crippen molar-refractivity contribution in [3.8, 4) is 0 Å². The fourth-order valence-corrected chi connectivity index (χ4v) is 4.52. The zero-order chi connectivity index (χ0) is 19.4. The highest BCUT2D eigenvalue weighted by Gasteiger charge is 2.29. The van der Waals surface area contributed by atoms with E-state index in [1.165, 1.54) is 16.4 Å². The van der Waals surface area contributed by atoms with E-state index in [9.17, 15) is 13.2 Å². The highest BCUT2D eigenvalue weighted by Crippen LogP contribution is 2.19. The molecule has 1 atom stereocenters. The van der Waals surface area contributed by atoms with Gasteiger partial charge in [-0.05, 0) is 49.2 Å². The molecule has 27 heavy (non-hydrogen) atoms. The third-order valence-corrected chi connectivity index (χ3v) is 6.54. The molecule has 0 aliphatic carbocycles. The van der Waals surface area contributed by atoms with Gasteiger partial charge in [-0.1, -0.05) is 24.3 Å². The van der Waals surface area contributed by atoms with Crippen molar-refractivity contribution in [3.05, 3.63) is 65.2 Å². The van der Waals surface area contributed by atoms with Gasteiger partial charge in [-0.15, -0.1) is 0 Å². The summed E-state index contributed by atoms with van der Waals surface area (Å²) >= 11 is 0. The number of hydrogen-bond acceptors (Lipinski definition) is 4. The molecule has 0 radical (unpaired) electrons. The maximum absolute atomic E-state index is 12.7. The fourth-order valence-electron chi connectivity index (χ4n) is 3.02. The summed E-state index contributed by atoms with van der Waals surface area (Å²) in [6.07, 6.45) is -0.125. The summed E-state index contributed by atoms with van der Waals surface area (Å²) in [5, 5.41) is 2.87. The molecule has 7 heteroatoms. The predicted molar refractivity (Wildman–Crippen MR) is 103 cm³/mol. The molecule has 1 unspecified atom stereocenters. The van der Waals surface area contributed by atoms with E-state index >= 15 is 0 Å². The van der Waals surface area contributed by atoms with Crippen LogP contribution in [-0.4, -0.2) is 44.4 Å². The molecule has 0 bridgehead atoms. The summed E-state index contributed by atoms with van der Waals surface area (Å²) in [7, 11) is -3.58. The second kappa shape index (κ2) is 8.21. The molecule has 3 rings (SSSR count). The van der Waals surface area contributed by atoms with Gasteiger partial charge in [-0.2, -0.15) is 4.31 Å². The Morgan fingerprint density at radius 1 is 1.19 bits per heavy atom. The minimum absolute atomic E-state index is 0.125. The number of ether oxygens (including phenoxy) is 1. The fraction of sp³-hybridized carbons (Fsp3) is 0.350. The van der Waals surface area contributed by atoms with Crippen molar-refractivity contribution < 1.29 is 17.9 Å². The van der Waals surface area contributed by atoms with Crippen LogP contribution in [0.2, 0.25) is 0 Å². The van der Waals surface area contributed by atoms with Gasteiger partial charge >= 0.3 is 0 Å². The van der Waals surface area contributed by atoms with Crippen molar-refractivity contribution >= 4 is 15.9 Å². The number of carbonyl (C=O) groups is 1. The SMILES string of the molecule is Cc1ccccc1CNC(=O)c1ccc(S(=O)(=O)N2CCOC(C)C2)cc1. The molecular weight excluding hydrogens is 364 g/mol. The van der Waals surface area contributed by atoms with Gasteiger partial charge in [0, 0.05) is 25.2 Å². The smallest absolute Gasteiger partial charge is 0.251 e. The lowest BCUT2D eigenvalue weighted by atomic mass is 10.1. The van der Waals surface area contributed by atoms with Crippen molar-refractivity contribution in [1.29, 1.82) is 0 Å². The second-order valence-corrected chi connectivity index (χ2v) is 8.62. The molecule has 0 spiro atoms. The number of rotatable bonds is 5. The van der Waals surface area contributed by atoms with Crippen LogP contribution in [0.5, 0.6) is 0 Å². The number of morpholine rings is 1. The summed E-state index contributed by atoms with van der Waals surface area (Å²) in [5.41, 5.74) is 2.59. The normalized spacial score (nSPS) is 18.2. The molecule has 2 aromatic rings. The van der Waals surface area contributed by atoms with E-state index in [0.717, 1.165) is 11.1 Å². The summed E-state index contributed by atoms with van der Waals surface area (Å²) in [6.45, 7) is 5.33. The third kappa shape index (κ3) is 4.55. The van der Waals surface area contributed by atoms with E-state index in [2.05, 4.69) is 5.32 Å². The monoisotopic (exact) mass is 388 g/mol. The molecule has 1 amide bonds. The summed E-state index contributed by atoms with van der Waals surface area (Å²) < 4.78 is 32.3. The Hall–Kier alpha value is -2.22. The van der Waals surface area contributed by atoms with Gasteiger partial charge in [0.25, 0.3) is 5.91 Å². The van der Waals surface area contributed by atoms with Crippen LogP contribution >= 0.6 is 0 Å². The van der Waals surface area contributed by atoms with E-state index in [0.29, 0.717) is 31.8 Å². The highest BCUT2D eigenvalue weighted by molar-refractivity contribution is 7.89. The Morgan fingerprint density at radius 3 is 2.56 bits per heavy atom. The van der Waals surface area contributed by atoms with Crippen molar-refractivity contribution in [2.75, 3.05) is 19.7 Å². The Bertz CT molecular complexity index is 910. The van der Waals surface area contributed by atoms with E-state index in [-0.39, 0.29) is 16.9 Å². The third-order valence-electron chi connectivity index (χ3n) is 4.66. The maximum atomic E-state index is 12.7. The van der Waals surface area contributed by atoms with Gasteiger partial charge in [0.05, 0.1) is 17.6 Å².